The van der Waals surface area contributed by atoms with Gasteiger partial charge in [0.15, 0.2) is 0 Å². The third-order valence-electron chi connectivity index (χ3n) is 3.59. The lowest BCUT2D eigenvalue weighted by Crippen LogP contribution is -2.53. The quantitative estimate of drug-likeness (QED) is 0.855. The van der Waals surface area contributed by atoms with Gasteiger partial charge in [-0.1, -0.05) is 6.92 Å². The van der Waals surface area contributed by atoms with E-state index in [0.717, 1.165) is 26.1 Å². The van der Waals surface area contributed by atoms with Crippen molar-refractivity contribution in [2.24, 2.45) is 7.05 Å². The third kappa shape index (κ3) is 2.87. The lowest BCUT2D eigenvalue weighted by atomic mass is 10.1. The van der Waals surface area contributed by atoms with Gasteiger partial charge in [-0.05, 0) is 20.3 Å². The normalized spacial score (nSPS) is 26.4. The maximum absolute atomic E-state index is 4.51. The van der Waals surface area contributed by atoms with Crippen LogP contribution in [0.4, 0.5) is 0 Å². The minimum absolute atomic E-state index is 0.591. The molecule has 1 aliphatic heterocycles. The van der Waals surface area contributed by atoms with E-state index >= 15 is 0 Å². The molecule has 1 N–H and O–H groups in total. The molecule has 1 aromatic heterocycles. The van der Waals surface area contributed by atoms with E-state index in [-0.39, 0.29) is 0 Å². The Balaban J connectivity index is 2.08. The highest BCUT2D eigenvalue weighted by molar-refractivity contribution is 5.17. The molecule has 2 heterocycles. The van der Waals surface area contributed by atoms with Crippen molar-refractivity contribution in [3.05, 3.63) is 17.5 Å². The molecule has 2 rings (SSSR count). The maximum Gasteiger partial charge on any atom is 0.0666 e. The Morgan fingerprint density at radius 1 is 1.47 bits per heavy atom. The van der Waals surface area contributed by atoms with E-state index in [1.807, 2.05) is 11.7 Å². The van der Waals surface area contributed by atoms with E-state index in [9.17, 15) is 0 Å². The maximum atomic E-state index is 4.51. The summed E-state index contributed by atoms with van der Waals surface area (Å²) in [6.07, 6.45) is 3.18. The number of aryl methyl sites for hydroxylation is 2. The standard InChI is InChI=1S/C13H24N4/c1-5-13-12(8-16(4)15-13)9-17-7-10(2)14-6-11(17)3/h8,10-11,14H,5-7,9H2,1-4H3. The van der Waals surface area contributed by atoms with E-state index in [4.69, 9.17) is 0 Å². The molecule has 0 aromatic carbocycles. The van der Waals surface area contributed by atoms with Crippen LogP contribution >= 0.6 is 0 Å². The fraction of sp³-hybridized carbons (Fsp3) is 0.769. The Bertz CT molecular complexity index is 371. The molecule has 1 saturated heterocycles. The lowest BCUT2D eigenvalue weighted by molar-refractivity contribution is 0.138. The van der Waals surface area contributed by atoms with E-state index in [1.165, 1.54) is 11.3 Å². The molecular weight excluding hydrogens is 212 g/mol. The van der Waals surface area contributed by atoms with Gasteiger partial charge < -0.3 is 5.32 Å². The molecule has 1 aliphatic rings. The molecule has 0 amide bonds. The monoisotopic (exact) mass is 236 g/mol. The molecule has 2 unspecified atom stereocenters. The second-order valence-electron chi connectivity index (χ2n) is 5.22. The topological polar surface area (TPSA) is 33.1 Å². The zero-order valence-electron chi connectivity index (χ0n) is 11.4. The van der Waals surface area contributed by atoms with Gasteiger partial charge in [0, 0.05) is 50.5 Å². The SMILES string of the molecule is CCc1nn(C)cc1CN1CC(C)NCC1C. The van der Waals surface area contributed by atoms with Crippen molar-refractivity contribution in [2.75, 3.05) is 13.1 Å². The van der Waals surface area contributed by atoms with Crippen LogP contribution in [0.15, 0.2) is 6.20 Å². The second-order valence-corrected chi connectivity index (χ2v) is 5.22. The molecular formula is C13H24N4. The van der Waals surface area contributed by atoms with Crippen LogP contribution in [0.2, 0.25) is 0 Å². The summed E-state index contributed by atoms with van der Waals surface area (Å²) in [5.41, 5.74) is 2.63. The highest BCUT2D eigenvalue weighted by Gasteiger charge is 2.23. The fourth-order valence-corrected chi connectivity index (χ4v) is 2.55. The van der Waals surface area contributed by atoms with E-state index in [0.29, 0.717) is 12.1 Å². The molecule has 0 aliphatic carbocycles. The number of hydrogen-bond acceptors (Lipinski definition) is 3. The zero-order chi connectivity index (χ0) is 12.4. The highest BCUT2D eigenvalue weighted by Crippen LogP contribution is 2.15. The molecule has 17 heavy (non-hydrogen) atoms. The smallest absolute Gasteiger partial charge is 0.0666 e. The van der Waals surface area contributed by atoms with Gasteiger partial charge in [-0.25, -0.2) is 0 Å². The molecule has 0 radical (unpaired) electrons. The summed E-state index contributed by atoms with van der Waals surface area (Å²) in [6.45, 7) is 9.96. The van der Waals surface area contributed by atoms with Crippen LogP contribution in [0.25, 0.3) is 0 Å². The van der Waals surface area contributed by atoms with Crippen molar-refractivity contribution in [2.45, 2.75) is 45.8 Å². The highest BCUT2D eigenvalue weighted by atomic mass is 15.3. The first-order valence-corrected chi connectivity index (χ1v) is 6.59. The van der Waals surface area contributed by atoms with Crippen LogP contribution in [-0.4, -0.2) is 39.9 Å². The van der Waals surface area contributed by atoms with Gasteiger partial charge in [-0.2, -0.15) is 5.10 Å². The molecule has 1 fully saturated rings. The first-order valence-electron chi connectivity index (χ1n) is 6.59. The Hall–Kier alpha value is -0.870. The zero-order valence-corrected chi connectivity index (χ0v) is 11.4. The van der Waals surface area contributed by atoms with Crippen LogP contribution in [0.5, 0.6) is 0 Å². The van der Waals surface area contributed by atoms with Gasteiger partial charge in [0.25, 0.3) is 0 Å². The Morgan fingerprint density at radius 3 is 2.94 bits per heavy atom. The molecule has 96 valence electrons. The number of nitrogens with zero attached hydrogens (tertiary/aromatic N) is 3. The van der Waals surface area contributed by atoms with Crippen molar-refractivity contribution in [3.63, 3.8) is 0 Å². The summed E-state index contributed by atoms with van der Waals surface area (Å²) in [6, 6.07) is 1.20. The minimum atomic E-state index is 0.591. The lowest BCUT2D eigenvalue weighted by Gasteiger charge is -2.37. The van der Waals surface area contributed by atoms with Crippen molar-refractivity contribution in [3.8, 4) is 0 Å². The van der Waals surface area contributed by atoms with Crippen LogP contribution in [0.1, 0.15) is 32.0 Å². The van der Waals surface area contributed by atoms with Crippen LogP contribution in [0.3, 0.4) is 0 Å². The molecule has 0 saturated carbocycles. The molecule has 4 nitrogen and oxygen atoms in total. The molecule has 1 aromatic rings. The molecule has 0 bridgehead atoms. The summed E-state index contributed by atoms with van der Waals surface area (Å²) in [4.78, 5) is 2.55. The summed E-state index contributed by atoms with van der Waals surface area (Å²) in [5, 5.41) is 8.03. The van der Waals surface area contributed by atoms with E-state index < -0.39 is 0 Å². The van der Waals surface area contributed by atoms with Crippen molar-refractivity contribution < 1.29 is 0 Å². The summed E-state index contributed by atoms with van der Waals surface area (Å²) in [7, 11) is 2.01. The van der Waals surface area contributed by atoms with Gasteiger partial charge in [0.05, 0.1) is 5.69 Å². The number of aromatic nitrogens is 2. The van der Waals surface area contributed by atoms with Crippen LogP contribution in [0, 0.1) is 0 Å². The fourth-order valence-electron chi connectivity index (χ4n) is 2.55. The van der Waals surface area contributed by atoms with Crippen molar-refractivity contribution in [1.82, 2.24) is 20.0 Å². The Labute approximate surface area is 104 Å². The van der Waals surface area contributed by atoms with Crippen LogP contribution < -0.4 is 5.32 Å². The first kappa shape index (κ1) is 12.6. The number of piperazine rings is 1. The first-order chi connectivity index (χ1) is 8.10. The Morgan fingerprint density at radius 2 is 2.24 bits per heavy atom. The number of nitrogens with one attached hydrogen (secondary N) is 1. The average molecular weight is 236 g/mol. The van der Waals surface area contributed by atoms with E-state index in [1.54, 1.807) is 0 Å². The van der Waals surface area contributed by atoms with Gasteiger partial charge in [0.1, 0.15) is 0 Å². The average Bonchev–Trinajstić information content (AvgIpc) is 2.64. The summed E-state index contributed by atoms with van der Waals surface area (Å²) in [5.74, 6) is 0. The van der Waals surface area contributed by atoms with Gasteiger partial charge in [-0.3, -0.25) is 9.58 Å². The second kappa shape index (κ2) is 5.19. The van der Waals surface area contributed by atoms with Gasteiger partial charge >= 0.3 is 0 Å². The predicted molar refractivity (Wildman–Crippen MR) is 69.9 cm³/mol. The van der Waals surface area contributed by atoms with Gasteiger partial charge in [0.2, 0.25) is 0 Å². The van der Waals surface area contributed by atoms with Crippen molar-refractivity contribution >= 4 is 0 Å². The number of hydrogen-bond donors (Lipinski definition) is 1. The largest absolute Gasteiger partial charge is 0.311 e. The van der Waals surface area contributed by atoms with Crippen molar-refractivity contribution in [1.29, 1.82) is 0 Å². The van der Waals surface area contributed by atoms with E-state index in [2.05, 4.69) is 42.3 Å². The summed E-state index contributed by atoms with van der Waals surface area (Å²) >= 11 is 0. The molecule has 4 heteroatoms. The minimum Gasteiger partial charge on any atom is -0.311 e. The Kier molecular flexibility index (Phi) is 3.84. The third-order valence-corrected chi connectivity index (χ3v) is 3.59. The molecule has 2 atom stereocenters. The number of rotatable bonds is 3. The predicted octanol–water partition coefficient (Wildman–Crippen LogP) is 1.16. The van der Waals surface area contributed by atoms with Gasteiger partial charge in [-0.15, -0.1) is 0 Å². The van der Waals surface area contributed by atoms with Crippen LogP contribution in [-0.2, 0) is 20.0 Å². The summed E-state index contributed by atoms with van der Waals surface area (Å²) < 4.78 is 1.93. The molecule has 0 spiro atoms.